The number of hydrogen-bond donors (Lipinski definition) is 0. The van der Waals surface area contributed by atoms with Gasteiger partial charge in [-0.05, 0) is 28.9 Å². The summed E-state index contributed by atoms with van der Waals surface area (Å²) >= 11 is 3.50. The summed E-state index contributed by atoms with van der Waals surface area (Å²) in [6.45, 7) is 1.94. The standard InChI is InChI=1S/C10H12BrNO2/c1-6-4-7-8(11)5-12(2)10(13-3)9(7)14-6/h4-5,10H,1-3H3. The highest BCUT2D eigenvalue weighted by molar-refractivity contribution is 9.15. The van der Waals surface area contributed by atoms with Gasteiger partial charge in [-0.15, -0.1) is 0 Å². The molecule has 2 rings (SSSR count). The minimum absolute atomic E-state index is 0.125. The largest absolute Gasteiger partial charge is 0.461 e. The van der Waals surface area contributed by atoms with E-state index in [2.05, 4.69) is 15.9 Å². The normalized spacial score (nSPS) is 20.7. The predicted octanol–water partition coefficient (Wildman–Crippen LogP) is 2.87. The molecule has 0 radical (unpaired) electrons. The van der Waals surface area contributed by atoms with Gasteiger partial charge < -0.3 is 14.1 Å². The summed E-state index contributed by atoms with van der Waals surface area (Å²) in [6.07, 6.45) is 1.87. The average molecular weight is 258 g/mol. The molecule has 0 saturated heterocycles. The zero-order chi connectivity index (χ0) is 10.3. The summed E-state index contributed by atoms with van der Waals surface area (Å²) in [7, 11) is 3.63. The molecule has 0 N–H and O–H groups in total. The van der Waals surface area contributed by atoms with E-state index >= 15 is 0 Å². The van der Waals surface area contributed by atoms with Crippen molar-refractivity contribution in [1.29, 1.82) is 0 Å². The maximum Gasteiger partial charge on any atom is 0.188 e. The van der Waals surface area contributed by atoms with Crippen LogP contribution in [-0.2, 0) is 4.74 Å². The van der Waals surface area contributed by atoms with Crippen molar-refractivity contribution in [3.63, 3.8) is 0 Å². The van der Waals surface area contributed by atoms with Gasteiger partial charge in [0.1, 0.15) is 5.76 Å². The van der Waals surface area contributed by atoms with E-state index in [-0.39, 0.29) is 6.23 Å². The molecule has 1 aromatic heterocycles. The van der Waals surface area contributed by atoms with Gasteiger partial charge in [0, 0.05) is 30.4 Å². The van der Waals surface area contributed by atoms with E-state index in [0.29, 0.717) is 0 Å². The van der Waals surface area contributed by atoms with Crippen molar-refractivity contribution < 1.29 is 9.15 Å². The third-order valence-corrected chi connectivity index (χ3v) is 2.91. The van der Waals surface area contributed by atoms with Gasteiger partial charge in [0.25, 0.3) is 0 Å². The van der Waals surface area contributed by atoms with Crippen molar-refractivity contribution in [2.45, 2.75) is 13.2 Å². The summed E-state index contributed by atoms with van der Waals surface area (Å²) in [4.78, 5) is 1.97. The molecule has 0 bridgehead atoms. The third-order valence-electron chi connectivity index (χ3n) is 2.28. The Morgan fingerprint density at radius 3 is 2.93 bits per heavy atom. The van der Waals surface area contributed by atoms with Gasteiger partial charge in [-0.2, -0.15) is 0 Å². The number of ether oxygens (including phenoxy) is 1. The fourth-order valence-corrected chi connectivity index (χ4v) is 2.31. The number of furan rings is 1. The van der Waals surface area contributed by atoms with Crippen LogP contribution in [0.1, 0.15) is 23.3 Å². The van der Waals surface area contributed by atoms with Gasteiger partial charge in [0.2, 0.25) is 0 Å². The summed E-state index contributed by atoms with van der Waals surface area (Å²) in [6, 6.07) is 2.01. The van der Waals surface area contributed by atoms with E-state index in [4.69, 9.17) is 9.15 Å². The molecule has 0 fully saturated rings. The van der Waals surface area contributed by atoms with E-state index < -0.39 is 0 Å². The van der Waals surface area contributed by atoms with Crippen molar-refractivity contribution in [2.75, 3.05) is 14.2 Å². The number of halogens is 1. The first-order valence-corrected chi connectivity index (χ1v) is 5.15. The molecule has 1 aromatic rings. The van der Waals surface area contributed by atoms with Crippen LogP contribution in [0.15, 0.2) is 16.7 Å². The zero-order valence-corrected chi connectivity index (χ0v) is 9.96. The smallest absolute Gasteiger partial charge is 0.188 e. The van der Waals surface area contributed by atoms with E-state index in [1.54, 1.807) is 7.11 Å². The zero-order valence-electron chi connectivity index (χ0n) is 8.37. The molecule has 1 atom stereocenters. The third kappa shape index (κ3) is 1.38. The van der Waals surface area contributed by atoms with Crippen LogP contribution in [0.5, 0.6) is 0 Å². The molecule has 0 spiro atoms. The van der Waals surface area contributed by atoms with Crippen molar-refractivity contribution in [2.24, 2.45) is 0 Å². The van der Waals surface area contributed by atoms with Crippen LogP contribution in [0.3, 0.4) is 0 Å². The number of rotatable bonds is 1. The van der Waals surface area contributed by atoms with Crippen LogP contribution >= 0.6 is 15.9 Å². The summed E-state index contributed by atoms with van der Waals surface area (Å²) < 4.78 is 12.0. The van der Waals surface area contributed by atoms with Crippen LogP contribution in [0.25, 0.3) is 4.48 Å². The highest BCUT2D eigenvalue weighted by atomic mass is 79.9. The van der Waals surface area contributed by atoms with E-state index in [1.807, 2.05) is 31.1 Å². The Bertz CT molecular complexity index is 383. The van der Waals surface area contributed by atoms with Gasteiger partial charge in [-0.25, -0.2) is 0 Å². The van der Waals surface area contributed by atoms with Crippen molar-refractivity contribution in [3.8, 4) is 0 Å². The summed E-state index contributed by atoms with van der Waals surface area (Å²) in [5, 5.41) is 0. The van der Waals surface area contributed by atoms with Crippen LogP contribution in [0.4, 0.5) is 0 Å². The number of aryl methyl sites for hydroxylation is 1. The first-order valence-electron chi connectivity index (χ1n) is 4.36. The second kappa shape index (κ2) is 3.44. The SMILES string of the molecule is COC1c2oc(C)cc2C(Br)=CN1C. The van der Waals surface area contributed by atoms with Gasteiger partial charge >= 0.3 is 0 Å². The lowest BCUT2D eigenvalue weighted by Gasteiger charge is -2.28. The topological polar surface area (TPSA) is 25.6 Å². The fourth-order valence-electron chi connectivity index (χ4n) is 1.68. The second-order valence-electron chi connectivity index (χ2n) is 3.37. The Morgan fingerprint density at radius 1 is 1.57 bits per heavy atom. The van der Waals surface area contributed by atoms with Crippen molar-refractivity contribution >= 4 is 20.4 Å². The molecule has 0 aliphatic carbocycles. The van der Waals surface area contributed by atoms with Gasteiger partial charge in [-0.1, -0.05) is 0 Å². The van der Waals surface area contributed by atoms with Gasteiger partial charge in [-0.3, -0.25) is 0 Å². The molecular formula is C10H12BrNO2. The molecule has 0 amide bonds. The fraction of sp³-hybridized carbons (Fsp3) is 0.400. The number of nitrogens with zero attached hydrogens (tertiary/aromatic N) is 1. The average Bonchev–Trinajstić information content (AvgIpc) is 2.48. The number of methoxy groups -OCH3 is 1. The Kier molecular flexibility index (Phi) is 2.41. The molecule has 1 aliphatic rings. The lowest BCUT2D eigenvalue weighted by molar-refractivity contribution is -0.0115. The second-order valence-corrected chi connectivity index (χ2v) is 4.22. The number of hydrogen-bond acceptors (Lipinski definition) is 3. The lowest BCUT2D eigenvalue weighted by Crippen LogP contribution is -2.23. The predicted molar refractivity (Wildman–Crippen MR) is 57.9 cm³/mol. The van der Waals surface area contributed by atoms with E-state index in [0.717, 1.165) is 21.6 Å². The minimum Gasteiger partial charge on any atom is -0.461 e. The molecular weight excluding hydrogens is 246 g/mol. The van der Waals surface area contributed by atoms with Gasteiger partial charge in [0.15, 0.2) is 12.0 Å². The van der Waals surface area contributed by atoms with E-state index in [9.17, 15) is 0 Å². The highest BCUT2D eigenvalue weighted by Crippen LogP contribution is 2.38. The lowest BCUT2D eigenvalue weighted by atomic mass is 10.1. The molecule has 14 heavy (non-hydrogen) atoms. The Labute approximate surface area is 91.5 Å². The Balaban J connectivity index is 2.53. The molecule has 2 heterocycles. The van der Waals surface area contributed by atoms with Crippen LogP contribution in [0.2, 0.25) is 0 Å². The number of fused-ring (bicyclic) bond motifs is 1. The van der Waals surface area contributed by atoms with Crippen molar-refractivity contribution in [1.82, 2.24) is 4.90 Å². The Hall–Kier alpha value is -0.740. The molecule has 0 aromatic carbocycles. The summed E-state index contributed by atoms with van der Waals surface area (Å²) in [5.41, 5.74) is 1.08. The molecule has 1 aliphatic heterocycles. The summed E-state index contributed by atoms with van der Waals surface area (Å²) in [5.74, 6) is 1.76. The maximum absolute atomic E-state index is 5.61. The van der Waals surface area contributed by atoms with E-state index in [1.165, 1.54) is 0 Å². The molecule has 4 heteroatoms. The maximum atomic E-state index is 5.61. The molecule has 3 nitrogen and oxygen atoms in total. The minimum atomic E-state index is -0.125. The quantitative estimate of drug-likeness (QED) is 0.774. The van der Waals surface area contributed by atoms with Gasteiger partial charge in [0.05, 0.1) is 0 Å². The first kappa shape index (κ1) is 9.80. The Morgan fingerprint density at radius 2 is 2.29 bits per heavy atom. The van der Waals surface area contributed by atoms with Crippen molar-refractivity contribution in [3.05, 3.63) is 29.4 Å². The highest BCUT2D eigenvalue weighted by Gasteiger charge is 2.28. The molecule has 0 saturated carbocycles. The molecule has 76 valence electrons. The monoisotopic (exact) mass is 257 g/mol. The van der Waals surface area contributed by atoms with Crippen LogP contribution in [-0.4, -0.2) is 19.1 Å². The molecule has 1 unspecified atom stereocenters. The first-order chi connectivity index (χ1) is 6.63. The van der Waals surface area contributed by atoms with Crippen LogP contribution in [0, 0.1) is 6.92 Å². The van der Waals surface area contributed by atoms with Crippen LogP contribution < -0.4 is 0 Å².